The first-order valence-corrected chi connectivity index (χ1v) is 5.93. The predicted octanol–water partition coefficient (Wildman–Crippen LogP) is -1.60. The number of aliphatic hydroxyl groups is 3. The van der Waals surface area contributed by atoms with Gasteiger partial charge >= 0.3 is 12.3 Å². The molecule has 3 N–H and O–H groups in total. The Kier molecular flexibility index (Phi) is 6.15. The molecule has 6 unspecified atom stereocenters. The fraction of sp³-hybridized carbons (Fsp3) is 0.818. The quantitative estimate of drug-likeness (QED) is 0.522. The van der Waals surface area contributed by atoms with Crippen molar-refractivity contribution in [2.24, 2.45) is 0 Å². The number of ether oxygens (including phenoxy) is 5. The molecule has 0 aromatic heterocycles. The molecule has 21 heavy (non-hydrogen) atoms. The molecule has 1 aliphatic rings. The molecule has 0 aromatic carbocycles. The lowest BCUT2D eigenvalue weighted by molar-refractivity contribution is -0.234. The molecule has 122 valence electrons. The lowest BCUT2D eigenvalue weighted by Crippen LogP contribution is -2.66. The van der Waals surface area contributed by atoms with Crippen LogP contribution in [-0.2, 0) is 23.7 Å². The number of rotatable bonds is 3. The van der Waals surface area contributed by atoms with Crippen LogP contribution in [0.2, 0.25) is 0 Å². The van der Waals surface area contributed by atoms with E-state index in [4.69, 9.17) is 9.47 Å². The summed E-state index contributed by atoms with van der Waals surface area (Å²) in [5.41, 5.74) is 0. The van der Waals surface area contributed by atoms with Crippen LogP contribution < -0.4 is 0 Å². The van der Waals surface area contributed by atoms with E-state index in [1.165, 1.54) is 7.11 Å². The van der Waals surface area contributed by atoms with Crippen molar-refractivity contribution in [3.63, 3.8) is 0 Å². The number of hydrogen-bond donors (Lipinski definition) is 3. The average molecular weight is 310 g/mol. The van der Waals surface area contributed by atoms with Crippen LogP contribution in [0.4, 0.5) is 9.59 Å². The van der Waals surface area contributed by atoms with Gasteiger partial charge < -0.3 is 39.0 Å². The van der Waals surface area contributed by atoms with Gasteiger partial charge in [0, 0.05) is 7.11 Å². The van der Waals surface area contributed by atoms with Crippen molar-refractivity contribution in [1.82, 2.24) is 0 Å². The van der Waals surface area contributed by atoms with E-state index in [1.54, 1.807) is 0 Å². The topological polar surface area (TPSA) is 141 Å². The first-order chi connectivity index (χ1) is 9.87. The third kappa shape index (κ3) is 3.73. The van der Waals surface area contributed by atoms with Crippen molar-refractivity contribution in [3.05, 3.63) is 0 Å². The van der Waals surface area contributed by atoms with Gasteiger partial charge in [0.25, 0.3) is 0 Å². The summed E-state index contributed by atoms with van der Waals surface area (Å²) in [7, 11) is 3.27. The normalized spacial score (nSPS) is 35.7. The monoisotopic (exact) mass is 310 g/mol. The van der Waals surface area contributed by atoms with Gasteiger partial charge in [0.05, 0.1) is 14.2 Å². The summed E-state index contributed by atoms with van der Waals surface area (Å²) in [6.45, 7) is 0. The molecular formula is C11H18O10. The minimum Gasteiger partial charge on any atom is -0.438 e. The van der Waals surface area contributed by atoms with Crippen LogP contribution >= 0.6 is 0 Å². The summed E-state index contributed by atoms with van der Waals surface area (Å²) >= 11 is 0. The minimum absolute atomic E-state index is 1.04. The molecule has 1 rings (SSSR count). The van der Waals surface area contributed by atoms with Crippen LogP contribution in [0, 0.1) is 0 Å². The third-order valence-corrected chi connectivity index (χ3v) is 3.09. The highest BCUT2D eigenvalue weighted by Crippen LogP contribution is 2.28. The Morgan fingerprint density at radius 2 is 1.14 bits per heavy atom. The maximum absolute atomic E-state index is 11.1. The van der Waals surface area contributed by atoms with Crippen molar-refractivity contribution in [1.29, 1.82) is 0 Å². The molecule has 0 bridgehead atoms. The summed E-state index contributed by atoms with van der Waals surface area (Å²) in [6, 6.07) is 0. The number of carbonyl (C=O) groups is 2. The zero-order valence-corrected chi connectivity index (χ0v) is 11.7. The molecule has 0 amide bonds. The zero-order valence-electron chi connectivity index (χ0n) is 11.7. The van der Waals surface area contributed by atoms with E-state index in [0.29, 0.717) is 0 Å². The highest BCUT2D eigenvalue weighted by atomic mass is 16.7. The number of methoxy groups -OCH3 is 3. The Morgan fingerprint density at radius 3 is 1.57 bits per heavy atom. The van der Waals surface area contributed by atoms with Gasteiger partial charge in [0.2, 0.25) is 0 Å². The summed E-state index contributed by atoms with van der Waals surface area (Å²) in [4.78, 5) is 22.2. The second-order valence-electron chi connectivity index (χ2n) is 4.25. The second-order valence-corrected chi connectivity index (χ2v) is 4.25. The molecule has 1 aliphatic carbocycles. The van der Waals surface area contributed by atoms with Crippen LogP contribution in [-0.4, -0.2) is 85.6 Å². The fourth-order valence-electron chi connectivity index (χ4n) is 2.03. The van der Waals surface area contributed by atoms with Crippen LogP contribution in [0.5, 0.6) is 0 Å². The zero-order chi connectivity index (χ0) is 16.2. The highest BCUT2D eigenvalue weighted by molar-refractivity contribution is 5.60. The molecule has 6 atom stereocenters. The van der Waals surface area contributed by atoms with Gasteiger partial charge in [0.15, 0.2) is 12.2 Å². The van der Waals surface area contributed by atoms with E-state index in [0.717, 1.165) is 14.2 Å². The Balaban J connectivity index is 2.93. The number of carbonyl (C=O) groups excluding carboxylic acids is 2. The van der Waals surface area contributed by atoms with Gasteiger partial charge in [-0.05, 0) is 0 Å². The Labute approximate surface area is 120 Å². The minimum atomic E-state index is -1.72. The largest absolute Gasteiger partial charge is 0.508 e. The molecule has 0 aromatic rings. The van der Waals surface area contributed by atoms with Crippen molar-refractivity contribution >= 4 is 12.3 Å². The molecule has 10 heteroatoms. The first-order valence-electron chi connectivity index (χ1n) is 5.93. The van der Waals surface area contributed by atoms with Gasteiger partial charge in [-0.15, -0.1) is 0 Å². The number of aliphatic hydroxyl groups excluding tert-OH is 3. The number of hydrogen-bond acceptors (Lipinski definition) is 10. The SMILES string of the molecule is COC(=O)OC1C(O)C(O)C(OC(=O)OC)C(OC)C1O. The van der Waals surface area contributed by atoms with E-state index in [2.05, 4.69) is 14.2 Å². The lowest BCUT2D eigenvalue weighted by atomic mass is 9.84. The summed E-state index contributed by atoms with van der Waals surface area (Å²) in [6.07, 6.45) is -11.4. The highest BCUT2D eigenvalue weighted by Gasteiger charge is 2.53. The van der Waals surface area contributed by atoms with E-state index in [1.807, 2.05) is 0 Å². The van der Waals surface area contributed by atoms with Gasteiger partial charge in [0.1, 0.15) is 24.4 Å². The van der Waals surface area contributed by atoms with Crippen LogP contribution in [0.15, 0.2) is 0 Å². The van der Waals surface area contributed by atoms with Crippen LogP contribution in [0.3, 0.4) is 0 Å². The standard InChI is InChI=1S/C11H18O10/c1-17-8-6(14)7(20-10(15)18-2)4(12)5(13)9(8)21-11(16)19-3/h4-9,12-14H,1-3H3. The molecule has 0 spiro atoms. The third-order valence-electron chi connectivity index (χ3n) is 3.09. The van der Waals surface area contributed by atoms with Crippen LogP contribution in [0.1, 0.15) is 0 Å². The molecule has 0 saturated heterocycles. The maximum Gasteiger partial charge on any atom is 0.508 e. The van der Waals surface area contributed by atoms with Gasteiger partial charge in [-0.2, -0.15) is 0 Å². The smallest absolute Gasteiger partial charge is 0.438 e. The molecular weight excluding hydrogens is 292 g/mol. The van der Waals surface area contributed by atoms with E-state index < -0.39 is 48.9 Å². The van der Waals surface area contributed by atoms with Crippen molar-refractivity contribution in [2.45, 2.75) is 36.6 Å². The van der Waals surface area contributed by atoms with Crippen molar-refractivity contribution in [2.75, 3.05) is 21.3 Å². The lowest BCUT2D eigenvalue weighted by Gasteiger charge is -2.43. The Bertz CT molecular complexity index is 372. The molecule has 1 fully saturated rings. The first kappa shape index (κ1) is 17.4. The maximum atomic E-state index is 11.1. The van der Waals surface area contributed by atoms with Crippen molar-refractivity contribution in [3.8, 4) is 0 Å². The van der Waals surface area contributed by atoms with Crippen molar-refractivity contribution < 1.29 is 48.6 Å². The van der Waals surface area contributed by atoms with Crippen LogP contribution in [0.25, 0.3) is 0 Å². The molecule has 1 saturated carbocycles. The summed E-state index contributed by atoms with van der Waals surface area (Å²) in [5, 5.41) is 29.9. The van der Waals surface area contributed by atoms with E-state index in [-0.39, 0.29) is 0 Å². The van der Waals surface area contributed by atoms with E-state index in [9.17, 15) is 24.9 Å². The Morgan fingerprint density at radius 1 is 0.714 bits per heavy atom. The Hall–Kier alpha value is -1.62. The molecule has 0 aliphatic heterocycles. The molecule has 10 nitrogen and oxygen atoms in total. The predicted molar refractivity (Wildman–Crippen MR) is 63.4 cm³/mol. The second kappa shape index (κ2) is 7.41. The van der Waals surface area contributed by atoms with E-state index >= 15 is 0 Å². The van der Waals surface area contributed by atoms with Gasteiger partial charge in [-0.1, -0.05) is 0 Å². The average Bonchev–Trinajstić information content (AvgIpc) is 2.48. The summed E-state index contributed by atoms with van der Waals surface area (Å²) < 4.78 is 22.9. The van der Waals surface area contributed by atoms with Gasteiger partial charge in [-0.25, -0.2) is 9.59 Å². The molecule has 0 heterocycles. The summed E-state index contributed by atoms with van der Waals surface area (Å²) in [5.74, 6) is 0. The van der Waals surface area contributed by atoms with Gasteiger partial charge in [-0.3, -0.25) is 0 Å². The fourth-order valence-corrected chi connectivity index (χ4v) is 2.03. The molecule has 0 radical (unpaired) electrons.